The van der Waals surface area contributed by atoms with E-state index in [1.165, 1.54) is 0 Å². The Hall–Kier alpha value is -0.650. The number of nitrogens with two attached hydrogens (primary N) is 1. The molecule has 0 saturated heterocycles. The van der Waals surface area contributed by atoms with Gasteiger partial charge in [-0.3, -0.25) is 4.79 Å². The molecule has 0 aromatic carbocycles. The van der Waals surface area contributed by atoms with Crippen molar-refractivity contribution in [3.05, 3.63) is 0 Å². The summed E-state index contributed by atoms with van der Waals surface area (Å²) in [5.74, 6) is -0.481. The lowest BCUT2D eigenvalue weighted by Gasteiger charge is -2.05. The zero-order valence-electron chi connectivity index (χ0n) is 5.58. The molecule has 0 aliphatic rings. The van der Waals surface area contributed by atoms with E-state index >= 15 is 0 Å². The topological polar surface area (TPSA) is 95.6 Å². The first kappa shape index (κ1) is 9.35. The van der Waals surface area contributed by atoms with Crippen LogP contribution in [-0.4, -0.2) is 41.9 Å². The summed E-state index contributed by atoms with van der Waals surface area (Å²) in [4.78, 5) is 10.1. The molecule has 0 aliphatic heterocycles. The molecule has 0 spiro atoms. The highest BCUT2D eigenvalue weighted by atomic mass is 16.3. The average Bonchev–Trinajstić information content (AvgIpc) is 1.87. The predicted molar refractivity (Wildman–Crippen MR) is 35.2 cm³/mol. The molecule has 0 rings (SSSR count). The molecule has 0 heterocycles. The van der Waals surface area contributed by atoms with Gasteiger partial charge in [0.25, 0.3) is 0 Å². The molecule has 5 nitrogen and oxygen atoms in total. The Bertz CT molecular complexity index is 107. The van der Waals surface area contributed by atoms with Gasteiger partial charge < -0.3 is 21.3 Å². The molecule has 5 N–H and O–H groups in total. The first-order valence-electron chi connectivity index (χ1n) is 2.94. The second-order valence-corrected chi connectivity index (χ2v) is 1.93. The van der Waals surface area contributed by atoms with Crippen molar-refractivity contribution >= 4 is 5.91 Å². The van der Waals surface area contributed by atoms with E-state index in [9.17, 15) is 4.79 Å². The quantitative estimate of drug-likeness (QED) is 0.344. The second-order valence-electron chi connectivity index (χ2n) is 1.93. The van der Waals surface area contributed by atoms with Crippen LogP contribution in [-0.2, 0) is 4.79 Å². The van der Waals surface area contributed by atoms with Crippen LogP contribution in [0.5, 0.6) is 0 Å². The van der Waals surface area contributed by atoms with Crippen molar-refractivity contribution < 1.29 is 15.0 Å². The van der Waals surface area contributed by atoms with Crippen LogP contribution in [0.4, 0.5) is 0 Å². The number of primary amides is 1. The standard InChI is InChI=1S/C5H12N2O3/c6-5(10)2-7-1-4(9)3-8/h4,7-9H,1-3H2,(H2,6,10)/t4-/m0/s1. The Morgan fingerprint density at radius 2 is 2.30 bits per heavy atom. The van der Waals surface area contributed by atoms with E-state index in [-0.39, 0.29) is 19.7 Å². The van der Waals surface area contributed by atoms with E-state index in [1.807, 2.05) is 0 Å². The Morgan fingerprint density at radius 3 is 2.70 bits per heavy atom. The third kappa shape index (κ3) is 5.49. The third-order valence-electron chi connectivity index (χ3n) is 0.890. The molecule has 0 fully saturated rings. The van der Waals surface area contributed by atoms with Crippen molar-refractivity contribution in [1.29, 1.82) is 0 Å². The van der Waals surface area contributed by atoms with Gasteiger partial charge in [-0.05, 0) is 0 Å². The Labute approximate surface area is 58.8 Å². The van der Waals surface area contributed by atoms with E-state index in [1.54, 1.807) is 0 Å². The molecule has 0 saturated carbocycles. The molecule has 0 bridgehead atoms. The summed E-state index contributed by atoms with van der Waals surface area (Å²) < 4.78 is 0. The highest BCUT2D eigenvalue weighted by molar-refractivity contribution is 5.75. The van der Waals surface area contributed by atoms with Gasteiger partial charge in [-0.2, -0.15) is 0 Å². The van der Waals surface area contributed by atoms with Crippen molar-refractivity contribution in [3.63, 3.8) is 0 Å². The number of carbonyl (C=O) groups excluding carboxylic acids is 1. The second kappa shape index (κ2) is 5.16. The average molecular weight is 148 g/mol. The number of hydrogen-bond acceptors (Lipinski definition) is 4. The molecular formula is C5H12N2O3. The molecule has 0 aromatic heterocycles. The molecule has 5 heteroatoms. The van der Waals surface area contributed by atoms with Gasteiger partial charge in [-0.1, -0.05) is 0 Å². The highest BCUT2D eigenvalue weighted by Gasteiger charge is 2.00. The summed E-state index contributed by atoms with van der Waals surface area (Å²) in [6.07, 6.45) is -0.820. The minimum atomic E-state index is -0.820. The fraction of sp³-hybridized carbons (Fsp3) is 0.800. The maximum atomic E-state index is 10.1. The molecule has 0 aromatic rings. The molecule has 1 atom stereocenters. The van der Waals surface area contributed by atoms with Crippen LogP contribution in [0.15, 0.2) is 0 Å². The Morgan fingerprint density at radius 1 is 1.70 bits per heavy atom. The summed E-state index contributed by atoms with van der Waals surface area (Å²) in [6.45, 7) is -0.109. The number of aliphatic hydroxyl groups excluding tert-OH is 2. The molecule has 0 radical (unpaired) electrons. The van der Waals surface area contributed by atoms with Gasteiger partial charge in [0.15, 0.2) is 0 Å². The van der Waals surface area contributed by atoms with Gasteiger partial charge in [0, 0.05) is 6.54 Å². The number of aliphatic hydroxyl groups is 2. The van der Waals surface area contributed by atoms with Crippen LogP contribution in [0.3, 0.4) is 0 Å². The van der Waals surface area contributed by atoms with Crippen LogP contribution < -0.4 is 11.1 Å². The number of nitrogens with one attached hydrogen (secondary N) is 1. The zero-order valence-corrected chi connectivity index (χ0v) is 5.58. The van der Waals surface area contributed by atoms with E-state index in [0.29, 0.717) is 0 Å². The lowest BCUT2D eigenvalue weighted by Crippen LogP contribution is -2.35. The van der Waals surface area contributed by atoms with E-state index in [4.69, 9.17) is 15.9 Å². The van der Waals surface area contributed by atoms with Gasteiger partial charge in [0.1, 0.15) is 0 Å². The number of rotatable bonds is 5. The predicted octanol–water partition coefficient (Wildman–Crippen LogP) is -2.59. The zero-order chi connectivity index (χ0) is 7.98. The molecule has 10 heavy (non-hydrogen) atoms. The summed E-state index contributed by atoms with van der Waals surface area (Å²) in [5.41, 5.74) is 4.77. The van der Waals surface area contributed by atoms with Gasteiger partial charge in [0.2, 0.25) is 5.91 Å². The van der Waals surface area contributed by atoms with Crippen LogP contribution >= 0.6 is 0 Å². The van der Waals surface area contributed by atoms with E-state index in [0.717, 1.165) is 0 Å². The molecular weight excluding hydrogens is 136 g/mol. The molecule has 60 valence electrons. The maximum absolute atomic E-state index is 10.1. The summed E-state index contributed by atoms with van der Waals surface area (Å²) in [5, 5.41) is 19.6. The lowest BCUT2D eigenvalue weighted by molar-refractivity contribution is -0.117. The third-order valence-corrected chi connectivity index (χ3v) is 0.890. The summed E-state index contributed by atoms with van der Waals surface area (Å²) >= 11 is 0. The molecule has 0 unspecified atom stereocenters. The van der Waals surface area contributed by atoms with Crippen LogP contribution in [0.2, 0.25) is 0 Å². The monoisotopic (exact) mass is 148 g/mol. The SMILES string of the molecule is NC(=O)CNC[C@H](O)CO. The highest BCUT2D eigenvalue weighted by Crippen LogP contribution is 1.74. The minimum Gasteiger partial charge on any atom is -0.394 e. The van der Waals surface area contributed by atoms with Gasteiger partial charge >= 0.3 is 0 Å². The van der Waals surface area contributed by atoms with E-state index in [2.05, 4.69) is 5.32 Å². The van der Waals surface area contributed by atoms with Crippen molar-refractivity contribution in [2.45, 2.75) is 6.10 Å². The normalized spacial score (nSPS) is 13.0. The van der Waals surface area contributed by atoms with E-state index < -0.39 is 12.0 Å². The lowest BCUT2D eigenvalue weighted by atomic mass is 10.4. The van der Waals surface area contributed by atoms with Gasteiger partial charge in [0.05, 0.1) is 19.3 Å². The maximum Gasteiger partial charge on any atom is 0.231 e. The molecule has 1 amide bonds. The smallest absolute Gasteiger partial charge is 0.231 e. The number of amides is 1. The Kier molecular flexibility index (Phi) is 4.82. The minimum absolute atomic E-state index is 0.0249. The van der Waals surface area contributed by atoms with Crippen molar-refractivity contribution in [1.82, 2.24) is 5.32 Å². The van der Waals surface area contributed by atoms with Crippen molar-refractivity contribution in [2.75, 3.05) is 19.7 Å². The number of carbonyl (C=O) groups is 1. The largest absolute Gasteiger partial charge is 0.394 e. The van der Waals surface area contributed by atoms with Crippen LogP contribution in [0.1, 0.15) is 0 Å². The first-order valence-corrected chi connectivity index (χ1v) is 2.94. The fourth-order valence-electron chi connectivity index (χ4n) is 0.427. The fourth-order valence-corrected chi connectivity index (χ4v) is 0.427. The van der Waals surface area contributed by atoms with Gasteiger partial charge in [-0.15, -0.1) is 0 Å². The van der Waals surface area contributed by atoms with Crippen LogP contribution in [0.25, 0.3) is 0 Å². The van der Waals surface area contributed by atoms with Crippen LogP contribution in [0, 0.1) is 0 Å². The number of hydrogen-bond donors (Lipinski definition) is 4. The van der Waals surface area contributed by atoms with Crippen molar-refractivity contribution in [2.24, 2.45) is 5.73 Å². The van der Waals surface area contributed by atoms with Gasteiger partial charge in [-0.25, -0.2) is 0 Å². The summed E-state index contributed by atoms with van der Waals surface area (Å²) in [6, 6.07) is 0. The van der Waals surface area contributed by atoms with Crippen molar-refractivity contribution in [3.8, 4) is 0 Å². The Balaban J connectivity index is 3.11. The first-order chi connectivity index (χ1) is 4.66. The molecule has 0 aliphatic carbocycles. The summed E-state index contributed by atoms with van der Waals surface area (Å²) in [7, 11) is 0.